The normalized spacial score (nSPS) is 16.6. The SMILES string of the molecule is CC(C)[C@@H](c1nnnn1Cc1ccco1)[NH+]1CCN(c2ccccc2F)CC1. The Kier molecular flexibility index (Phi) is 5.38. The summed E-state index contributed by atoms with van der Waals surface area (Å²) in [5, 5.41) is 12.5. The van der Waals surface area contributed by atoms with Crippen LogP contribution in [-0.2, 0) is 6.54 Å². The molecule has 8 heteroatoms. The van der Waals surface area contributed by atoms with Crippen molar-refractivity contribution in [1.29, 1.82) is 0 Å². The molecule has 0 amide bonds. The van der Waals surface area contributed by atoms with Gasteiger partial charge in [0.05, 0.1) is 38.1 Å². The lowest BCUT2D eigenvalue weighted by Gasteiger charge is -2.38. The van der Waals surface area contributed by atoms with E-state index < -0.39 is 0 Å². The number of anilines is 1. The van der Waals surface area contributed by atoms with Crippen LogP contribution in [0.5, 0.6) is 0 Å². The van der Waals surface area contributed by atoms with Gasteiger partial charge >= 0.3 is 0 Å². The summed E-state index contributed by atoms with van der Waals surface area (Å²) in [5.41, 5.74) is 0.685. The van der Waals surface area contributed by atoms with Crippen LogP contribution < -0.4 is 9.80 Å². The number of halogens is 1. The van der Waals surface area contributed by atoms with Crippen LogP contribution in [0.4, 0.5) is 10.1 Å². The number of hydrogen-bond acceptors (Lipinski definition) is 5. The lowest BCUT2D eigenvalue weighted by Crippen LogP contribution is -3.15. The van der Waals surface area contributed by atoms with E-state index in [4.69, 9.17) is 4.42 Å². The molecule has 1 saturated heterocycles. The van der Waals surface area contributed by atoms with Gasteiger partial charge in [-0.25, -0.2) is 9.07 Å². The van der Waals surface area contributed by atoms with Crippen molar-refractivity contribution in [2.45, 2.75) is 26.4 Å². The summed E-state index contributed by atoms with van der Waals surface area (Å²) in [7, 11) is 0. The molecular formula is C20H26FN6O+. The summed E-state index contributed by atoms with van der Waals surface area (Å²) < 4.78 is 21.4. The molecule has 1 aromatic carbocycles. The highest BCUT2D eigenvalue weighted by Crippen LogP contribution is 2.20. The minimum atomic E-state index is -0.159. The number of furan rings is 1. The number of quaternary nitrogens is 1. The first kappa shape index (κ1) is 18.6. The fourth-order valence-electron chi connectivity index (χ4n) is 4.10. The second-order valence-electron chi connectivity index (χ2n) is 7.59. The smallest absolute Gasteiger partial charge is 0.210 e. The first-order chi connectivity index (χ1) is 13.6. The topological polar surface area (TPSA) is 64.4 Å². The Morgan fingerprint density at radius 1 is 1.14 bits per heavy atom. The molecule has 3 heterocycles. The predicted octanol–water partition coefficient (Wildman–Crippen LogP) is 1.56. The summed E-state index contributed by atoms with van der Waals surface area (Å²) in [5.74, 6) is 1.92. The van der Waals surface area contributed by atoms with Gasteiger partial charge in [0.1, 0.15) is 18.1 Å². The Bertz CT molecular complexity index is 886. The number of aromatic nitrogens is 4. The molecule has 0 saturated carbocycles. The van der Waals surface area contributed by atoms with Crippen molar-refractivity contribution in [3.63, 3.8) is 0 Å². The third-order valence-corrected chi connectivity index (χ3v) is 5.43. The number of para-hydroxylation sites is 1. The molecule has 4 rings (SSSR count). The van der Waals surface area contributed by atoms with E-state index in [1.165, 1.54) is 11.0 Å². The zero-order valence-corrected chi connectivity index (χ0v) is 16.3. The highest BCUT2D eigenvalue weighted by Gasteiger charge is 2.35. The first-order valence-electron chi connectivity index (χ1n) is 9.76. The Hall–Kier alpha value is -2.74. The molecule has 0 radical (unpaired) electrons. The molecule has 1 aliphatic heterocycles. The molecule has 1 N–H and O–H groups in total. The second-order valence-corrected chi connectivity index (χ2v) is 7.59. The first-order valence-corrected chi connectivity index (χ1v) is 9.76. The summed E-state index contributed by atoms with van der Waals surface area (Å²) >= 11 is 0. The number of tetrazole rings is 1. The van der Waals surface area contributed by atoms with Gasteiger partial charge in [0.15, 0.2) is 6.04 Å². The summed E-state index contributed by atoms with van der Waals surface area (Å²) in [4.78, 5) is 3.56. The van der Waals surface area contributed by atoms with E-state index >= 15 is 0 Å². The van der Waals surface area contributed by atoms with Gasteiger partial charge in [-0.15, -0.1) is 5.10 Å². The predicted molar refractivity (Wildman–Crippen MR) is 103 cm³/mol. The van der Waals surface area contributed by atoms with Gasteiger partial charge in [0, 0.05) is 5.92 Å². The van der Waals surface area contributed by atoms with Crippen molar-refractivity contribution in [2.24, 2.45) is 5.92 Å². The largest absolute Gasteiger partial charge is 0.467 e. The Morgan fingerprint density at radius 2 is 1.93 bits per heavy atom. The van der Waals surface area contributed by atoms with Crippen LogP contribution in [0.3, 0.4) is 0 Å². The minimum absolute atomic E-state index is 0.159. The highest BCUT2D eigenvalue weighted by atomic mass is 19.1. The molecule has 1 aliphatic rings. The highest BCUT2D eigenvalue weighted by molar-refractivity contribution is 5.47. The molecule has 2 aromatic heterocycles. The van der Waals surface area contributed by atoms with Crippen molar-refractivity contribution >= 4 is 5.69 Å². The van der Waals surface area contributed by atoms with Crippen molar-refractivity contribution in [3.8, 4) is 0 Å². The van der Waals surface area contributed by atoms with Crippen LogP contribution in [-0.4, -0.2) is 46.4 Å². The zero-order chi connectivity index (χ0) is 19.5. The van der Waals surface area contributed by atoms with Gasteiger partial charge in [-0.2, -0.15) is 0 Å². The Labute approximate surface area is 163 Å². The van der Waals surface area contributed by atoms with Crippen molar-refractivity contribution in [2.75, 3.05) is 31.1 Å². The maximum Gasteiger partial charge on any atom is 0.210 e. The van der Waals surface area contributed by atoms with E-state index in [0.29, 0.717) is 18.2 Å². The van der Waals surface area contributed by atoms with Crippen LogP contribution in [0.25, 0.3) is 0 Å². The van der Waals surface area contributed by atoms with Crippen LogP contribution in [0, 0.1) is 11.7 Å². The molecule has 0 unspecified atom stereocenters. The molecule has 0 bridgehead atoms. The summed E-state index contributed by atoms with van der Waals surface area (Å²) in [6, 6.07) is 11.0. The summed E-state index contributed by atoms with van der Waals surface area (Å²) in [6.45, 7) is 8.35. The average molecular weight is 385 g/mol. The van der Waals surface area contributed by atoms with Gasteiger partial charge in [0.2, 0.25) is 5.82 Å². The van der Waals surface area contributed by atoms with E-state index in [-0.39, 0.29) is 11.9 Å². The molecular weight excluding hydrogens is 359 g/mol. The molecule has 7 nitrogen and oxygen atoms in total. The van der Waals surface area contributed by atoms with Gasteiger partial charge in [-0.1, -0.05) is 26.0 Å². The Morgan fingerprint density at radius 3 is 2.61 bits per heavy atom. The Balaban J connectivity index is 1.50. The molecule has 0 aliphatic carbocycles. The standard InChI is InChI=1S/C20H25FN6O/c1-15(2)19(20-22-23-24-27(20)14-16-6-5-13-28-16)26-11-9-25(10-12-26)18-8-4-3-7-17(18)21/h3-8,13,15,19H,9-12,14H2,1-2H3/p+1/t19-/m0/s1. The number of benzene rings is 1. The number of nitrogens with zero attached hydrogens (tertiary/aromatic N) is 5. The zero-order valence-electron chi connectivity index (χ0n) is 16.3. The third-order valence-electron chi connectivity index (χ3n) is 5.43. The van der Waals surface area contributed by atoms with E-state index in [9.17, 15) is 4.39 Å². The van der Waals surface area contributed by atoms with Gasteiger partial charge < -0.3 is 14.2 Å². The molecule has 28 heavy (non-hydrogen) atoms. The van der Waals surface area contributed by atoms with Crippen LogP contribution in [0.2, 0.25) is 0 Å². The van der Waals surface area contributed by atoms with Crippen molar-refractivity contribution in [1.82, 2.24) is 20.2 Å². The maximum absolute atomic E-state index is 14.1. The second kappa shape index (κ2) is 8.10. The van der Waals surface area contributed by atoms with Gasteiger partial charge in [0.25, 0.3) is 0 Å². The fourth-order valence-corrected chi connectivity index (χ4v) is 4.10. The molecule has 1 fully saturated rings. The molecule has 1 atom stereocenters. The lowest BCUT2D eigenvalue weighted by molar-refractivity contribution is -0.937. The van der Waals surface area contributed by atoms with Gasteiger partial charge in [-0.05, 0) is 34.7 Å². The average Bonchev–Trinajstić information content (AvgIpc) is 3.36. The summed E-state index contributed by atoms with van der Waals surface area (Å²) in [6.07, 6.45) is 1.66. The van der Waals surface area contributed by atoms with Gasteiger partial charge in [-0.3, -0.25) is 0 Å². The number of piperazine rings is 1. The maximum atomic E-state index is 14.1. The monoisotopic (exact) mass is 385 g/mol. The third kappa shape index (κ3) is 3.77. The van der Waals surface area contributed by atoms with Crippen molar-refractivity contribution in [3.05, 3.63) is 60.1 Å². The number of rotatable bonds is 6. The van der Waals surface area contributed by atoms with E-state index in [2.05, 4.69) is 34.3 Å². The van der Waals surface area contributed by atoms with Crippen molar-refractivity contribution < 1.29 is 13.7 Å². The molecule has 148 valence electrons. The van der Waals surface area contributed by atoms with E-state index in [1.807, 2.05) is 28.9 Å². The van der Waals surface area contributed by atoms with E-state index in [1.54, 1.807) is 12.3 Å². The quantitative estimate of drug-likeness (QED) is 0.698. The fraction of sp³-hybridized carbons (Fsp3) is 0.450. The lowest BCUT2D eigenvalue weighted by atomic mass is 10.0. The number of nitrogens with one attached hydrogen (secondary N) is 1. The molecule has 0 spiro atoms. The van der Waals surface area contributed by atoms with Crippen LogP contribution in [0.1, 0.15) is 31.5 Å². The molecule has 3 aromatic rings. The van der Waals surface area contributed by atoms with E-state index in [0.717, 1.165) is 37.8 Å². The van der Waals surface area contributed by atoms with Crippen LogP contribution in [0.15, 0.2) is 47.1 Å². The number of hydrogen-bond donors (Lipinski definition) is 1. The van der Waals surface area contributed by atoms with Crippen LogP contribution >= 0.6 is 0 Å². The minimum Gasteiger partial charge on any atom is -0.467 e.